The van der Waals surface area contributed by atoms with E-state index >= 15 is 0 Å². The molecule has 22 valence electrons. The summed E-state index contributed by atoms with van der Waals surface area (Å²) < 4.78 is 2.94. The molecule has 0 N–H and O–H groups in total. The summed E-state index contributed by atoms with van der Waals surface area (Å²) in [5.74, 6) is 0. The van der Waals surface area contributed by atoms with Crippen LogP contribution in [0.1, 0.15) is 13.3 Å². The zero-order valence-corrected chi connectivity index (χ0v) is 4.62. The Kier molecular flexibility index (Phi) is 3.87. The maximum absolute atomic E-state index is 2.94. The van der Waals surface area contributed by atoms with Gasteiger partial charge in [0.2, 0.25) is 0 Å². The molecule has 0 unspecified atom stereocenters. The number of hydrogen-bond acceptors (Lipinski definition) is 0. The van der Waals surface area contributed by atoms with Crippen LogP contribution in [0.4, 0.5) is 0 Å². The number of hydrogen-bond donors (Lipinski definition) is 0. The Labute approximate surface area is 37.2 Å². The fraction of sp³-hybridized carbons (Fsp3) is 0.667. The van der Waals surface area contributed by atoms with Crippen molar-refractivity contribution >= 4 is 0 Å². The second-order valence-electron chi connectivity index (χ2n) is 0.498. The first-order valence-corrected chi connectivity index (χ1v) is 2.27. The van der Waals surface area contributed by atoms with Gasteiger partial charge in [0.1, 0.15) is 0 Å². The van der Waals surface area contributed by atoms with Crippen molar-refractivity contribution in [1.82, 2.24) is 0 Å². The SMILES string of the molecule is CC[C]#[Mo+]. The van der Waals surface area contributed by atoms with Crippen molar-refractivity contribution < 1.29 is 19.2 Å². The Morgan fingerprint density at radius 2 is 2.25 bits per heavy atom. The minimum absolute atomic E-state index is 1.07. The van der Waals surface area contributed by atoms with Gasteiger partial charge in [-0.1, -0.05) is 0 Å². The summed E-state index contributed by atoms with van der Waals surface area (Å²) in [6.07, 6.45) is 1.07. The van der Waals surface area contributed by atoms with Gasteiger partial charge < -0.3 is 0 Å². The van der Waals surface area contributed by atoms with Crippen LogP contribution in [0, 0.1) is 4.20 Å². The van der Waals surface area contributed by atoms with Crippen LogP contribution in [0.2, 0.25) is 0 Å². The van der Waals surface area contributed by atoms with Gasteiger partial charge in [-0.25, -0.2) is 0 Å². The van der Waals surface area contributed by atoms with Gasteiger partial charge in [0, 0.05) is 0 Å². The Hall–Kier alpha value is 0.468. The van der Waals surface area contributed by atoms with Gasteiger partial charge in [-0.2, -0.15) is 0 Å². The third-order valence-corrected chi connectivity index (χ3v) is 0.854. The summed E-state index contributed by atoms with van der Waals surface area (Å²) in [7, 11) is 0. The van der Waals surface area contributed by atoms with Crippen molar-refractivity contribution in [1.29, 1.82) is 0 Å². The molecule has 0 aromatic carbocycles. The van der Waals surface area contributed by atoms with E-state index in [1.54, 1.807) is 0 Å². The molecule has 0 spiro atoms. The molecule has 0 saturated heterocycles. The first-order chi connectivity index (χ1) is 1.91. The molecule has 0 rings (SSSR count). The Balaban J connectivity index is 2.43. The van der Waals surface area contributed by atoms with Gasteiger partial charge in [0.05, 0.1) is 0 Å². The van der Waals surface area contributed by atoms with Crippen LogP contribution in [0.25, 0.3) is 0 Å². The zero-order chi connectivity index (χ0) is 3.41. The summed E-state index contributed by atoms with van der Waals surface area (Å²) >= 11 is 1.87. The standard InChI is InChI=1S/C3H5.Mo/c1-3-2;/h3H2,1H3;/q;+1. The molecule has 0 saturated carbocycles. The molecule has 0 radical (unpaired) electrons. The molecule has 0 aromatic heterocycles. The van der Waals surface area contributed by atoms with Crippen LogP contribution in [0.3, 0.4) is 0 Å². The maximum atomic E-state index is 2.94. The zero-order valence-electron chi connectivity index (χ0n) is 2.62. The van der Waals surface area contributed by atoms with Gasteiger partial charge in [-0.3, -0.25) is 0 Å². The molecule has 1 heteroatoms. The fourth-order valence-corrected chi connectivity index (χ4v) is 0. The van der Waals surface area contributed by atoms with E-state index in [-0.39, 0.29) is 0 Å². The molecule has 0 aliphatic heterocycles. The van der Waals surface area contributed by atoms with Crippen molar-refractivity contribution in [2.75, 3.05) is 0 Å². The second-order valence-corrected chi connectivity index (χ2v) is 1.21. The normalized spacial score (nSPS) is 5.00. The molecular weight excluding hydrogens is 132 g/mol. The van der Waals surface area contributed by atoms with Gasteiger partial charge in [-0.15, -0.1) is 0 Å². The first-order valence-electron chi connectivity index (χ1n) is 1.26. The van der Waals surface area contributed by atoms with Crippen molar-refractivity contribution in [3.05, 3.63) is 0 Å². The van der Waals surface area contributed by atoms with Crippen molar-refractivity contribution in [2.24, 2.45) is 0 Å². The van der Waals surface area contributed by atoms with Crippen molar-refractivity contribution in [2.45, 2.75) is 13.3 Å². The quantitative estimate of drug-likeness (QED) is 0.435. The summed E-state index contributed by atoms with van der Waals surface area (Å²) in [6, 6.07) is 0. The van der Waals surface area contributed by atoms with Gasteiger partial charge in [0.15, 0.2) is 0 Å². The summed E-state index contributed by atoms with van der Waals surface area (Å²) in [4.78, 5) is 0. The molecular formula is C3H5Mo+. The van der Waals surface area contributed by atoms with E-state index in [0.717, 1.165) is 6.42 Å². The van der Waals surface area contributed by atoms with Crippen LogP contribution in [0.5, 0.6) is 0 Å². The Morgan fingerprint density at radius 3 is 2.25 bits per heavy atom. The van der Waals surface area contributed by atoms with Crippen LogP contribution in [-0.2, 0) is 19.2 Å². The van der Waals surface area contributed by atoms with Crippen LogP contribution < -0.4 is 0 Å². The molecule has 0 atom stereocenters. The molecule has 0 bridgehead atoms. The Bertz CT molecular complexity index is 33.0. The van der Waals surface area contributed by atoms with Gasteiger partial charge >= 0.3 is 36.7 Å². The van der Waals surface area contributed by atoms with Crippen molar-refractivity contribution in [3.63, 3.8) is 0 Å². The van der Waals surface area contributed by atoms with Crippen LogP contribution in [0.15, 0.2) is 0 Å². The molecule has 0 aromatic rings. The average Bonchev–Trinajstić information content (AvgIpc) is 1.37. The Morgan fingerprint density at radius 1 is 2.00 bits per heavy atom. The van der Waals surface area contributed by atoms with E-state index in [2.05, 4.69) is 11.1 Å². The van der Waals surface area contributed by atoms with E-state index in [1.807, 2.05) is 19.2 Å². The van der Waals surface area contributed by atoms with E-state index in [9.17, 15) is 0 Å². The third kappa shape index (κ3) is 2.47. The predicted octanol–water partition coefficient (Wildman–Crippen LogP) is 0.902. The summed E-state index contributed by atoms with van der Waals surface area (Å²) in [5, 5.41) is 0. The van der Waals surface area contributed by atoms with Crippen molar-refractivity contribution in [3.8, 4) is 4.20 Å². The topological polar surface area (TPSA) is 0 Å². The summed E-state index contributed by atoms with van der Waals surface area (Å²) in [5.41, 5.74) is 0. The molecule has 0 nitrogen and oxygen atoms in total. The fourth-order valence-electron chi connectivity index (χ4n) is 0. The second kappa shape index (κ2) is 3.47. The van der Waals surface area contributed by atoms with E-state index in [1.165, 1.54) is 0 Å². The molecule has 0 amide bonds. The molecule has 0 fully saturated rings. The number of rotatable bonds is 0. The van der Waals surface area contributed by atoms with E-state index in [4.69, 9.17) is 0 Å². The predicted molar refractivity (Wildman–Crippen MR) is 14.2 cm³/mol. The minimum atomic E-state index is 1.07. The van der Waals surface area contributed by atoms with E-state index < -0.39 is 0 Å². The van der Waals surface area contributed by atoms with Gasteiger partial charge in [-0.05, 0) is 0 Å². The summed E-state index contributed by atoms with van der Waals surface area (Å²) in [6.45, 7) is 2.07. The molecule has 0 aliphatic rings. The first kappa shape index (κ1) is 4.47. The average molecular weight is 137 g/mol. The van der Waals surface area contributed by atoms with E-state index in [0.29, 0.717) is 0 Å². The van der Waals surface area contributed by atoms with Crippen LogP contribution >= 0.6 is 0 Å². The third-order valence-electron chi connectivity index (χ3n) is 0.144. The molecule has 4 heavy (non-hydrogen) atoms. The van der Waals surface area contributed by atoms with Crippen LogP contribution in [-0.4, -0.2) is 0 Å². The molecule has 0 aliphatic carbocycles. The van der Waals surface area contributed by atoms with Gasteiger partial charge in [0.25, 0.3) is 0 Å². The molecule has 0 heterocycles. The monoisotopic (exact) mass is 139 g/mol.